The second-order valence-electron chi connectivity index (χ2n) is 13.0. The van der Waals surface area contributed by atoms with Gasteiger partial charge in [-0.1, -0.05) is 24.3 Å². The molecule has 3 aliphatic heterocycles. The van der Waals surface area contributed by atoms with E-state index in [0.29, 0.717) is 29.0 Å². The molecule has 13 heteroatoms. The number of para-hydroxylation sites is 1. The van der Waals surface area contributed by atoms with Crippen molar-refractivity contribution < 1.29 is 33.8 Å². The van der Waals surface area contributed by atoms with Crippen LogP contribution >= 0.6 is 0 Å². The number of allylic oxidation sites excluding steroid dienone is 2. The number of benzene rings is 2. The number of carbonyl (C=O) groups excluding carboxylic acids is 4. The van der Waals surface area contributed by atoms with E-state index >= 15 is 0 Å². The van der Waals surface area contributed by atoms with E-state index in [1.165, 1.54) is 21.1 Å². The second kappa shape index (κ2) is 13.0. The van der Waals surface area contributed by atoms with Crippen LogP contribution in [0.1, 0.15) is 43.0 Å². The molecule has 2 aromatic rings. The zero-order valence-electron chi connectivity index (χ0n) is 28.3. The summed E-state index contributed by atoms with van der Waals surface area (Å²) < 4.78 is 11.0. The number of urea groups is 1. The van der Waals surface area contributed by atoms with Gasteiger partial charge in [-0.05, 0) is 63.9 Å². The molecule has 3 amide bonds. The first kappa shape index (κ1) is 33.7. The third-order valence-corrected chi connectivity index (χ3v) is 10.3. The smallest absolute Gasteiger partial charge is 0.319 e. The number of ether oxygens (including phenoxy) is 2. The third kappa shape index (κ3) is 5.50. The summed E-state index contributed by atoms with van der Waals surface area (Å²) in [6.45, 7) is 4.81. The number of carbonyl (C=O) groups is 4. The van der Waals surface area contributed by atoms with Crippen LogP contribution in [0.15, 0.2) is 58.9 Å². The van der Waals surface area contributed by atoms with Crippen molar-refractivity contribution in [2.24, 2.45) is 0 Å². The second-order valence-corrected chi connectivity index (χ2v) is 13.0. The predicted molar refractivity (Wildman–Crippen MR) is 179 cm³/mol. The largest absolute Gasteiger partial charge is 0.504 e. The molecule has 6 rings (SSSR count). The lowest BCUT2D eigenvalue weighted by atomic mass is 9.69. The van der Waals surface area contributed by atoms with Gasteiger partial charge in [-0.25, -0.2) is 4.79 Å². The van der Waals surface area contributed by atoms with Crippen molar-refractivity contribution in [2.75, 3.05) is 33.1 Å². The Balaban J connectivity index is 1.38. The van der Waals surface area contributed by atoms with Crippen molar-refractivity contribution in [1.29, 1.82) is 5.26 Å². The molecule has 0 aromatic heterocycles. The molecular formula is C36H40N6O7. The monoisotopic (exact) mass is 668 g/mol. The summed E-state index contributed by atoms with van der Waals surface area (Å²) in [6, 6.07) is 8.73. The number of aromatic hydroxyl groups is 1. The Hall–Kier alpha value is -5.19. The summed E-state index contributed by atoms with van der Waals surface area (Å²) in [4.78, 5) is 58.0. The van der Waals surface area contributed by atoms with Crippen molar-refractivity contribution in [3.63, 3.8) is 0 Å². The number of fused-ring (bicyclic) bond motifs is 6. The van der Waals surface area contributed by atoms with Crippen molar-refractivity contribution in [3.8, 4) is 17.6 Å². The van der Waals surface area contributed by atoms with Gasteiger partial charge in [0.05, 0.1) is 32.4 Å². The lowest BCUT2D eigenvalue weighted by Crippen LogP contribution is -2.71. The lowest BCUT2D eigenvalue weighted by molar-refractivity contribution is -0.125. The van der Waals surface area contributed by atoms with Crippen LogP contribution in [0.5, 0.6) is 11.5 Å². The van der Waals surface area contributed by atoms with Gasteiger partial charge in [0.15, 0.2) is 23.0 Å². The van der Waals surface area contributed by atoms with E-state index < -0.39 is 47.9 Å². The van der Waals surface area contributed by atoms with Gasteiger partial charge in [0, 0.05) is 46.6 Å². The molecule has 1 saturated heterocycles. The zero-order valence-corrected chi connectivity index (χ0v) is 28.3. The molecule has 6 atom stereocenters. The minimum atomic E-state index is -0.963. The molecular weight excluding hydrogens is 628 g/mol. The maximum atomic E-state index is 14.1. The van der Waals surface area contributed by atoms with Crippen LogP contribution in [0.2, 0.25) is 0 Å². The van der Waals surface area contributed by atoms with Gasteiger partial charge < -0.3 is 30.5 Å². The molecule has 0 unspecified atom stereocenters. The average Bonchev–Trinajstić information content (AvgIpc) is 3.07. The van der Waals surface area contributed by atoms with Crippen LogP contribution in [-0.2, 0) is 25.5 Å². The van der Waals surface area contributed by atoms with Crippen LogP contribution in [0, 0.1) is 18.3 Å². The molecule has 13 nitrogen and oxygen atoms in total. The number of rotatable bonds is 7. The first-order valence-electron chi connectivity index (χ1n) is 16.2. The van der Waals surface area contributed by atoms with Gasteiger partial charge in [0.25, 0.3) is 0 Å². The number of amides is 3. The third-order valence-electron chi connectivity index (χ3n) is 10.3. The van der Waals surface area contributed by atoms with Crippen LogP contribution in [0.3, 0.4) is 0 Å². The molecule has 0 saturated carbocycles. The summed E-state index contributed by atoms with van der Waals surface area (Å²) in [5.74, 6) is -1.05. The van der Waals surface area contributed by atoms with E-state index in [4.69, 9.17) is 9.47 Å². The Bertz CT molecular complexity index is 1850. The number of ketones is 2. The number of likely N-dealkylation sites (N-methyl/N-ethyl adjacent to an activating group) is 1. The number of methoxy groups -OCH3 is 2. The molecule has 2 bridgehead atoms. The summed E-state index contributed by atoms with van der Waals surface area (Å²) in [5.41, 5.74) is 3.54. The Labute approximate surface area is 284 Å². The molecule has 0 radical (unpaired) electrons. The number of nitrogens with one attached hydrogen (secondary N) is 3. The summed E-state index contributed by atoms with van der Waals surface area (Å²) >= 11 is 0. The van der Waals surface area contributed by atoms with Crippen LogP contribution in [-0.4, -0.2) is 96.4 Å². The molecule has 256 valence electrons. The fraction of sp³-hybridized carbons (Fsp3) is 0.417. The minimum Gasteiger partial charge on any atom is -0.504 e. The Morgan fingerprint density at radius 3 is 2.45 bits per heavy atom. The normalized spacial score (nSPS) is 25.4. The van der Waals surface area contributed by atoms with E-state index in [0.717, 1.165) is 11.1 Å². The number of hydrogen-bond donors (Lipinski definition) is 4. The highest BCUT2D eigenvalue weighted by atomic mass is 16.5. The molecule has 4 aliphatic rings. The SMILES string of the molecule is COC1=C(C)C(=O)C2=C(C1=O)[C@H](CNC(=O)[C@H](C)NC(=O)Nc1ccccc1)N1[C@@H](C#N)[C@H]3Cc4cc(C)c(OC)c(O)c4[C@H]([C@@H]1C2)N3C. The minimum absolute atomic E-state index is 0.00487. The van der Waals surface area contributed by atoms with Crippen LogP contribution < -0.4 is 20.7 Å². The first-order valence-corrected chi connectivity index (χ1v) is 16.2. The zero-order chi connectivity index (χ0) is 35.3. The lowest BCUT2D eigenvalue weighted by Gasteiger charge is -2.60. The number of hydrogen-bond acceptors (Lipinski definition) is 10. The molecule has 1 fully saturated rings. The molecule has 0 spiro atoms. The summed E-state index contributed by atoms with van der Waals surface area (Å²) in [6.07, 6.45) is 0.575. The topological polar surface area (TPSA) is 173 Å². The van der Waals surface area contributed by atoms with Gasteiger partial charge in [0.1, 0.15) is 12.1 Å². The van der Waals surface area contributed by atoms with Gasteiger partial charge in [0.2, 0.25) is 11.7 Å². The fourth-order valence-corrected chi connectivity index (χ4v) is 8.11. The highest BCUT2D eigenvalue weighted by molar-refractivity contribution is 6.25. The van der Waals surface area contributed by atoms with Crippen LogP contribution in [0.25, 0.3) is 0 Å². The Morgan fingerprint density at radius 2 is 1.80 bits per heavy atom. The van der Waals surface area contributed by atoms with Crippen molar-refractivity contribution in [1.82, 2.24) is 20.4 Å². The number of phenolic OH excluding ortho intramolecular Hbond substituents is 1. The van der Waals surface area contributed by atoms with Gasteiger partial charge in [-0.15, -0.1) is 0 Å². The summed E-state index contributed by atoms with van der Waals surface area (Å²) in [5, 5.41) is 30.5. The number of anilines is 1. The summed E-state index contributed by atoms with van der Waals surface area (Å²) in [7, 11) is 4.73. The van der Waals surface area contributed by atoms with Gasteiger partial charge in [-0.3, -0.25) is 24.2 Å². The van der Waals surface area contributed by atoms with Crippen molar-refractivity contribution >= 4 is 29.2 Å². The quantitative estimate of drug-likeness (QED) is 0.321. The molecule has 3 heterocycles. The highest BCUT2D eigenvalue weighted by Gasteiger charge is 2.57. The molecule has 4 N–H and O–H groups in total. The maximum absolute atomic E-state index is 14.1. The number of piperazine rings is 1. The van der Waals surface area contributed by atoms with E-state index in [-0.39, 0.29) is 47.4 Å². The van der Waals surface area contributed by atoms with E-state index in [1.807, 2.05) is 31.0 Å². The number of nitrogens with zero attached hydrogens (tertiary/aromatic N) is 3. The van der Waals surface area contributed by atoms with E-state index in [9.17, 15) is 29.5 Å². The molecule has 49 heavy (non-hydrogen) atoms. The first-order chi connectivity index (χ1) is 23.4. The fourth-order valence-electron chi connectivity index (χ4n) is 8.11. The Morgan fingerprint density at radius 1 is 1.08 bits per heavy atom. The number of aryl methyl sites for hydroxylation is 1. The standard InChI is InChI=1S/C36H40N6O7/c1-17-12-20-13-23-25(15-37)42-24(29(41(23)4)27(20)31(44)33(17)48-5)14-22-28(32(45)34(49-6)18(2)30(22)43)26(42)16-38-35(46)19(3)39-36(47)40-21-10-8-7-9-11-21/h7-12,19,23-26,29,44H,13-14,16H2,1-6H3,(H,38,46)(H2,39,40,47)/t19-,23+,24-,25-,26-,29-/m0/s1. The Kier molecular flexibility index (Phi) is 8.96. The molecule has 1 aliphatic carbocycles. The van der Waals surface area contributed by atoms with E-state index in [1.54, 1.807) is 31.2 Å². The van der Waals surface area contributed by atoms with E-state index in [2.05, 4.69) is 26.9 Å². The molecule has 2 aromatic carbocycles. The number of Topliss-reactive ketones (excluding diaryl/α,β-unsaturated/α-hetero) is 2. The number of nitriles is 1. The number of phenols is 1. The predicted octanol–water partition coefficient (Wildman–Crippen LogP) is 2.65. The van der Waals surface area contributed by atoms with Crippen molar-refractivity contribution in [3.05, 3.63) is 75.6 Å². The van der Waals surface area contributed by atoms with Crippen molar-refractivity contribution in [2.45, 2.75) is 69.9 Å². The average molecular weight is 669 g/mol. The van der Waals surface area contributed by atoms with Gasteiger partial charge in [-0.2, -0.15) is 5.26 Å². The van der Waals surface area contributed by atoms with Gasteiger partial charge >= 0.3 is 6.03 Å². The van der Waals surface area contributed by atoms with Crippen LogP contribution in [0.4, 0.5) is 10.5 Å². The maximum Gasteiger partial charge on any atom is 0.319 e. The highest BCUT2D eigenvalue weighted by Crippen LogP contribution is 2.53.